The highest BCUT2D eigenvalue weighted by molar-refractivity contribution is 7.99. The molecule has 19 heavy (non-hydrogen) atoms. The van der Waals surface area contributed by atoms with Crippen LogP contribution in [0.4, 0.5) is 0 Å². The summed E-state index contributed by atoms with van der Waals surface area (Å²) in [7, 11) is 0. The maximum atomic E-state index is 11.9. The number of aromatic amines is 1. The van der Waals surface area contributed by atoms with Crippen molar-refractivity contribution >= 4 is 23.1 Å². The number of thiophene rings is 1. The van der Waals surface area contributed by atoms with Crippen molar-refractivity contribution in [2.75, 3.05) is 5.75 Å². The third-order valence-electron chi connectivity index (χ3n) is 2.32. The van der Waals surface area contributed by atoms with Crippen LogP contribution in [0.3, 0.4) is 0 Å². The van der Waals surface area contributed by atoms with Crippen LogP contribution >= 0.6 is 23.1 Å². The molecule has 0 aliphatic heterocycles. The van der Waals surface area contributed by atoms with E-state index in [0.717, 1.165) is 10.6 Å². The Hall–Kier alpha value is -1.58. The van der Waals surface area contributed by atoms with Gasteiger partial charge in [-0.3, -0.25) is 4.79 Å². The molecule has 6 heteroatoms. The van der Waals surface area contributed by atoms with Gasteiger partial charge in [-0.25, -0.2) is 4.98 Å². The molecule has 0 amide bonds. The molecule has 0 unspecified atom stereocenters. The Kier molecular flexibility index (Phi) is 4.40. The van der Waals surface area contributed by atoms with Gasteiger partial charge in [-0.05, 0) is 17.4 Å². The van der Waals surface area contributed by atoms with Gasteiger partial charge in [0.05, 0.1) is 4.88 Å². The number of aromatic nitrogens is 2. The van der Waals surface area contributed by atoms with E-state index < -0.39 is 0 Å². The summed E-state index contributed by atoms with van der Waals surface area (Å²) in [6.45, 7) is 4.21. The van der Waals surface area contributed by atoms with Crippen LogP contribution in [0.1, 0.15) is 19.4 Å². The second-order valence-corrected chi connectivity index (χ2v) is 6.35. The van der Waals surface area contributed by atoms with Gasteiger partial charge in [0.1, 0.15) is 17.3 Å². The zero-order chi connectivity index (χ0) is 13.8. The molecular formula is C13H13N3OS2. The number of H-pyrrole nitrogens is 1. The van der Waals surface area contributed by atoms with Crippen LogP contribution in [0.2, 0.25) is 0 Å². The SMILES string of the molecule is CC(C)CSc1nc(-c2cccs2)c(C#N)c(=O)[nH]1. The highest BCUT2D eigenvalue weighted by Crippen LogP contribution is 2.26. The molecule has 2 aromatic rings. The molecular weight excluding hydrogens is 278 g/mol. The van der Waals surface area contributed by atoms with Gasteiger partial charge >= 0.3 is 0 Å². The van der Waals surface area contributed by atoms with E-state index in [9.17, 15) is 4.79 Å². The monoisotopic (exact) mass is 291 g/mol. The van der Waals surface area contributed by atoms with Crippen LogP contribution in [-0.2, 0) is 0 Å². The number of rotatable bonds is 4. The highest BCUT2D eigenvalue weighted by atomic mass is 32.2. The Morgan fingerprint density at radius 2 is 2.37 bits per heavy atom. The molecule has 1 N–H and O–H groups in total. The van der Waals surface area contributed by atoms with Gasteiger partial charge in [-0.1, -0.05) is 31.7 Å². The zero-order valence-corrected chi connectivity index (χ0v) is 12.3. The second kappa shape index (κ2) is 6.04. The van der Waals surface area contributed by atoms with Crippen LogP contribution in [0.5, 0.6) is 0 Å². The fourth-order valence-electron chi connectivity index (χ4n) is 1.46. The number of nitrogens with one attached hydrogen (secondary N) is 1. The van der Waals surface area contributed by atoms with E-state index in [2.05, 4.69) is 23.8 Å². The first-order valence-corrected chi connectivity index (χ1v) is 7.69. The van der Waals surface area contributed by atoms with Crippen LogP contribution in [-0.4, -0.2) is 15.7 Å². The van der Waals surface area contributed by atoms with Crippen LogP contribution < -0.4 is 5.56 Å². The number of hydrogen-bond donors (Lipinski definition) is 1. The average Bonchev–Trinajstić information content (AvgIpc) is 2.89. The van der Waals surface area contributed by atoms with Crippen molar-refractivity contribution in [2.45, 2.75) is 19.0 Å². The Morgan fingerprint density at radius 1 is 1.58 bits per heavy atom. The summed E-state index contributed by atoms with van der Waals surface area (Å²) >= 11 is 2.97. The minimum atomic E-state index is -0.368. The predicted molar refractivity (Wildman–Crippen MR) is 78.4 cm³/mol. The summed E-state index contributed by atoms with van der Waals surface area (Å²) in [4.78, 5) is 19.8. The zero-order valence-electron chi connectivity index (χ0n) is 10.6. The number of hydrogen-bond acceptors (Lipinski definition) is 5. The van der Waals surface area contributed by atoms with Gasteiger partial charge < -0.3 is 4.98 Å². The quantitative estimate of drug-likeness (QED) is 0.694. The van der Waals surface area contributed by atoms with Crippen molar-refractivity contribution in [2.24, 2.45) is 5.92 Å². The van der Waals surface area contributed by atoms with Gasteiger partial charge in [0.15, 0.2) is 5.16 Å². The lowest BCUT2D eigenvalue weighted by Gasteiger charge is -2.06. The molecule has 2 heterocycles. The average molecular weight is 291 g/mol. The molecule has 98 valence electrons. The highest BCUT2D eigenvalue weighted by Gasteiger charge is 2.14. The van der Waals surface area contributed by atoms with Crippen molar-refractivity contribution in [3.8, 4) is 16.6 Å². The van der Waals surface area contributed by atoms with E-state index in [0.29, 0.717) is 16.8 Å². The van der Waals surface area contributed by atoms with Gasteiger partial charge in [0, 0.05) is 5.75 Å². The maximum absolute atomic E-state index is 11.9. The van der Waals surface area contributed by atoms with Gasteiger partial charge in [-0.15, -0.1) is 11.3 Å². The van der Waals surface area contributed by atoms with Crippen LogP contribution in [0.25, 0.3) is 10.6 Å². The molecule has 0 aliphatic carbocycles. The standard InChI is InChI=1S/C13H13N3OS2/c1-8(2)7-19-13-15-11(10-4-3-5-18-10)9(6-14)12(17)16-13/h3-5,8H,7H2,1-2H3,(H,15,16,17). The lowest BCUT2D eigenvalue weighted by atomic mass is 10.2. The van der Waals surface area contributed by atoms with E-state index >= 15 is 0 Å². The molecule has 0 bridgehead atoms. The van der Waals surface area contributed by atoms with Gasteiger partial charge in [-0.2, -0.15) is 5.26 Å². The first-order valence-electron chi connectivity index (χ1n) is 5.83. The molecule has 0 saturated carbocycles. The van der Waals surface area contributed by atoms with Crippen molar-refractivity contribution in [1.82, 2.24) is 9.97 Å². The Bertz CT molecular complexity index is 654. The van der Waals surface area contributed by atoms with E-state index in [1.165, 1.54) is 23.1 Å². The summed E-state index contributed by atoms with van der Waals surface area (Å²) < 4.78 is 0. The molecule has 0 aliphatic rings. The smallest absolute Gasteiger partial charge is 0.270 e. The van der Waals surface area contributed by atoms with Crippen molar-refractivity contribution in [3.63, 3.8) is 0 Å². The first-order chi connectivity index (χ1) is 9.11. The lowest BCUT2D eigenvalue weighted by Crippen LogP contribution is -2.14. The lowest BCUT2D eigenvalue weighted by molar-refractivity contribution is 0.747. The second-order valence-electron chi connectivity index (χ2n) is 4.39. The van der Waals surface area contributed by atoms with E-state index in [1.54, 1.807) is 0 Å². The molecule has 2 aromatic heterocycles. The van der Waals surface area contributed by atoms with Crippen molar-refractivity contribution in [1.29, 1.82) is 5.26 Å². The van der Waals surface area contributed by atoms with Gasteiger partial charge in [0.25, 0.3) is 5.56 Å². The molecule has 4 nitrogen and oxygen atoms in total. The topological polar surface area (TPSA) is 69.5 Å². The van der Waals surface area contributed by atoms with E-state index in [4.69, 9.17) is 5.26 Å². The molecule has 0 radical (unpaired) electrons. The molecule has 0 saturated heterocycles. The van der Waals surface area contributed by atoms with Crippen molar-refractivity contribution in [3.05, 3.63) is 33.4 Å². The number of thioether (sulfide) groups is 1. The minimum Gasteiger partial charge on any atom is -0.300 e. The predicted octanol–water partition coefficient (Wildman–Crippen LogP) is 3.12. The van der Waals surface area contributed by atoms with E-state index in [-0.39, 0.29) is 11.1 Å². The fourth-order valence-corrected chi connectivity index (χ4v) is 2.99. The number of nitrogens with zero attached hydrogens (tertiary/aromatic N) is 2. The molecule has 0 spiro atoms. The normalized spacial score (nSPS) is 10.6. The molecule has 0 aromatic carbocycles. The summed E-state index contributed by atoms with van der Waals surface area (Å²) in [5.74, 6) is 1.38. The summed E-state index contributed by atoms with van der Waals surface area (Å²) in [6, 6.07) is 5.68. The molecule has 2 rings (SSSR count). The maximum Gasteiger partial charge on any atom is 0.270 e. The third kappa shape index (κ3) is 3.25. The first kappa shape index (κ1) is 13.8. The van der Waals surface area contributed by atoms with Gasteiger partial charge in [0.2, 0.25) is 0 Å². The van der Waals surface area contributed by atoms with E-state index in [1.807, 2.05) is 23.6 Å². The van der Waals surface area contributed by atoms with Crippen LogP contribution in [0.15, 0.2) is 27.5 Å². The Labute approximate surface area is 119 Å². The fraction of sp³-hybridized carbons (Fsp3) is 0.308. The number of nitriles is 1. The third-order valence-corrected chi connectivity index (χ3v) is 4.49. The summed E-state index contributed by atoms with van der Waals surface area (Å²) in [6.07, 6.45) is 0. The van der Waals surface area contributed by atoms with Crippen molar-refractivity contribution < 1.29 is 0 Å². The molecule has 0 atom stereocenters. The van der Waals surface area contributed by atoms with Crippen LogP contribution in [0, 0.1) is 17.2 Å². The largest absolute Gasteiger partial charge is 0.300 e. The molecule has 0 fully saturated rings. The summed E-state index contributed by atoms with van der Waals surface area (Å²) in [5, 5.41) is 11.6. The summed E-state index contributed by atoms with van der Waals surface area (Å²) in [5.41, 5.74) is 0.191. The Balaban J connectivity index is 2.46. The Morgan fingerprint density at radius 3 is 2.95 bits per heavy atom. The minimum absolute atomic E-state index is 0.0800.